The Bertz CT molecular complexity index is 730. The molecule has 0 bridgehead atoms. The van der Waals surface area contributed by atoms with Crippen molar-refractivity contribution in [3.05, 3.63) is 54.7 Å². The second kappa shape index (κ2) is 5.64. The predicted octanol–water partition coefficient (Wildman–Crippen LogP) is 2.45. The summed E-state index contributed by atoms with van der Waals surface area (Å²) < 4.78 is 1.04. The summed E-state index contributed by atoms with van der Waals surface area (Å²) in [5.41, 5.74) is 6.14. The van der Waals surface area contributed by atoms with Crippen LogP contribution in [0.4, 0.5) is 11.4 Å². The number of nitrogens with two attached hydrogens (primary N) is 1. The summed E-state index contributed by atoms with van der Waals surface area (Å²) in [5.74, 6) is 0.724. The third-order valence-electron chi connectivity index (χ3n) is 3.98. The minimum Gasteiger partial charge on any atom is -0.394 e. The number of rotatable bonds is 6. The van der Waals surface area contributed by atoms with Crippen LogP contribution in [0.1, 0.15) is 24.8 Å². The molecule has 1 unspecified atom stereocenters. The van der Waals surface area contributed by atoms with E-state index in [2.05, 4.69) is 33.4 Å². The van der Waals surface area contributed by atoms with E-state index in [0.717, 1.165) is 23.2 Å². The molecule has 0 spiro atoms. The van der Waals surface area contributed by atoms with Crippen molar-refractivity contribution in [1.82, 2.24) is 0 Å². The molecule has 0 saturated heterocycles. The number of benzene rings is 1. The van der Waals surface area contributed by atoms with Crippen molar-refractivity contribution in [3.8, 4) is 0 Å². The molecule has 2 aromatic carbocycles. The van der Waals surface area contributed by atoms with Crippen molar-refractivity contribution in [2.24, 2.45) is 5.92 Å². The number of halogens is 1. The summed E-state index contributed by atoms with van der Waals surface area (Å²) >= 11 is 3.47. The van der Waals surface area contributed by atoms with Crippen LogP contribution in [0, 0.1) is 5.92 Å². The number of nitrogens with one attached hydrogen (secondary N) is 1. The lowest BCUT2D eigenvalue weighted by molar-refractivity contribution is 0.598. The Labute approximate surface area is 131 Å². The van der Waals surface area contributed by atoms with Gasteiger partial charge in [0.15, 0.2) is 0 Å². The Hall–Kier alpha value is -1.62. The summed E-state index contributed by atoms with van der Waals surface area (Å²) in [7, 11) is 0. The van der Waals surface area contributed by atoms with E-state index in [4.69, 9.17) is 5.73 Å². The zero-order valence-corrected chi connectivity index (χ0v) is 13.2. The maximum Gasteiger partial charge on any atom is 0.253 e. The van der Waals surface area contributed by atoms with Gasteiger partial charge in [-0.05, 0) is 36.5 Å². The van der Waals surface area contributed by atoms with Crippen molar-refractivity contribution in [2.75, 3.05) is 11.1 Å². The van der Waals surface area contributed by atoms with E-state index >= 15 is 0 Å². The lowest BCUT2D eigenvalue weighted by atomic mass is 10.00. The monoisotopic (exact) mass is 348 g/mol. The van der Waals surface area contributed by atoms with Crippen molar-refractivity contribution in [2.45, 2.75) is 31.7 Å². The SMILES string of the molecule is Nc1c(NC(Cc2cccc(Br)c2)CC2CC2)c(=O)c1=O. The van der Waals surface area contributed by atoms with E-state index in [9.17, 15) is 9.59 Å². The molecule has 2 aromatic rings. The second-order valence-corrected chi connectivity index (χ2v) is 6.72. The first kappa shape index (κ1) is 14.3. The minimum absolute atomic E-state index is 0.0787. The standard InChI is InChI=1S/C16H17BrN2O2/c17-11-3-1-2-10(6-11)8-12(7-9-4-5-9)19-14-13(18)15(20)16(14)21/h1-3,6,9,12,19H,4-5,7-8,18H2. The molecule has 1 fully saturated rings. The molecular formula is C16H17BrN2O2. The van der Waals surface area contributed by atoms with Crippen LogP contribution in [-0.4, -0.2) is 6.04 Å². The minimum atomic E-state index is -0.565. The Morgan fingerprint density at radius 1 is 1.29 bits per heavy atom. The van der Waals surface area contributed by atoms with Gasteiger partial charge in [-0.25, -0.2) is 0 Å². The molecule has 0 amide bonds. The first-order valence-electron chi connectivity index (χ1n) is 7.14. The zero-order valence-electron chi connectivity index (χ0n) is 11.6. The molecule has 110 valence electrons. The van der Waals surface area contributed by atoms with Gasteiger partial charge in [0, 0.05) is 10.5 Å². The normalized spacial score (nSPS) is 16.0. The summed E-state index contributed by atoms with van der Waals surface area (Å²) in [6.45, 7) is 0. The predicted molar refractivity (Wildman–Crippen MR) is 88.4 cm³/mol. The van der Waals surface area contributed by atoms with Crippen LogP contribution < -0.4 is 21.9 Å². The number of hydrogen-bond acceptors (Lipinski definition) is 4. The van der Waals surface area contributed by atoms with Gasteiger partial charge in [0.25, 0.3) is 10.9 Å². The first-order chi connectivity index (χ1) is 10.0. The average Bonchev–Trinajstić information content (AvgIpc) is 3.27. The maximum absolute atomic E-state index is 11.6. The first-order valence-corrected chi connectivity index (χ1v) is 7.93. The van der Waals surface area contributed by atoms with Crippen LogP contribution in [0.2, 0.25) is 0 Å². The molecule has 1 saturated carbocycles. The number of hydrogen-bond donors (Lipinski definition) is 2. The van der Waals surface area contributed by atoms with Gasteiger partial charge in [-0.1, -0.05) is 40.9 Å². The van der Waals surface area contributed by atoms with E-state index in [0.29, 0.717) is 5.69 Å². The fourth-order valence-electron chi connectivity index (χ4n) is 2.65. The highest BCUT2D eigenvalue weighted by Crippen LogP contribution is 2.35. The molecule has 1 aliphatic rings. The van der Waals surface area contributed by atoms with Gasteiger partial charge in [0.2, 0.25) is 0 Å². The summed E-state index contributed by atoms with van der Waals surface area (Å²) in [4.78, 5) is 22.8. The highest BCUT2D eigenvalue weighted by molar-refractivity contribution is 9.10. The number of anilines is 2. The van der Waals surface area contributed by atoms with Crippen molar-refractivity contribution < 1.29 is 0 Å². The molecule has 5 heteroatoms. The Morgan fingerprint density at radius 2 is 2.05 bits per heavy atom. The Morgan fingerprint density at radius 3 is 2.67 bits per heavy atom. The quantitative estimate of drug-likeness (QED) is 0.786. The summed E-state index contributed by atoms with van der Waals surface area (Å²) in [5, 5.41) is 3.19. The van der Waals surface area contributed by atoms with Gasteiger partial charge < -0.3 is 11.1 Å². The maximum atomic E-state index is 11.6. The molecule has 0 aromatic heterocycles. The molecule has 4 nitrogen and oxygen atoms in total. The van der Waals surface area contributed by atoms with Crippen LogP contribution in [0.25, 0.3) is 0 Å². The lowest BCUT2D eigenvalue weighted by Gasteiger charge is -2.21. The van der Waals surface area contributed by atoms with Crippen LogP contribution >= 0.6 is 15.9 Å². The van der Waals surface area contributed by atoms with Gasteiger partial charge >= 0.3 is 0 Å². The lowest BCUT2D eigenvalue weighted by Crippen LogP contribution is -2.40. The molecule has 0 radical (unpaired) electrons. The highest BCUT2D eigenvalue weighted by Gasteiger charge is 2.28. The summed E-state index contributed by atoms with van der Waals surface area (Å²) in [6.07, 6.45) is 4.31. The fourth-order valence-corrected chi connectivity index (χ4v) is 3.10. The smallest absolute Gasteiger partial charge is 0.253 e. The van der Waals surface area contributed by atoms with E-state index in [-0.39, 0.29) is 11.7 Å². The van der Waals surface area contributed by atoms with Crippen LogP contribution in [0.15, 0.2) is 38.3 Å². The third kappa shape index (κ3) is 3.18. The molecule has 0 aliphatic heterocycles. The van der Waals surface area contributed by atoms with Crippen LogP contribution in [0.3, 0.4) is 0 Å². The zero-order chi connectivity index (χ0) is 15.0. The van der Waals surface area contributed by atoms with Gasteiger partial charge in [-0.3, -0.25) is 9.59 Å². The van der Waals surface area contributed by atoms with Gasteiger partial charge in [-0.2, -0.15) is 0 Å². The summed E-state index contributed by atoms with van der Waals surface area (Å²) in [6, 6.07) is 8.27. The van der Waals surface area contributed by atoms with E-state index < -0.39 is 10.9 Å². The van der Waals surface area contributed by atoms with Crippen molar-refractivity contribution in [1.29, 1.82) is 0 Å². The van der Waals surface area contributed by atoms with Gasteiger partial charge in [0.05, 0.1) is 0 Å². The largest absolute Gasteiger partial charge is 0.394 e. The van der Waals surface area contributed by atoms with Gasteiger partial charge in [-0.15, -0.1) is 0 Å². The fraction of sp³-hybridized carbons (Fsp3) is 0.375. The Balaban J connectivity index is 1.75. The van der Waals surface area contributed by atoms with E-state index in [1.807, 2.05) is 12.1 Å². The van der Waals surface area contributed by atoms with Crippen molar-refractivity contribution in [3.63, 3.8) is 0 Å². The molecular weight excluding hydrogens is 332 g/mol. The molecule has 1 atom stereocenters. The topological polar surface area (TPSA) is 72.2 Å². The Kier molecular flexibility index (Phi) is 3.85. The number of nitrogen functional groups attached to an aromatic ring is 1. The highest BCUT2D eigenvalue weighted by atomic mass is 79.9. The van der Waals surface area contributed by atoms with Crippen LogP contribution in [-0.2, 0) is 6.42 Å². The van der Waals surface area contributed by atoms with E-state index in [1.165, 1.54) is 18.4 Å². The van der Waals surface area contributed by atoms with E-state index in [1.54, 1.807) is 0 Å². The molecule has 21 heavy (non-hydrogen) atoms. The van der Waals surface area contributed by atoms with Crippen molar-refractivity contribution >= 4 is 27.3 Å². The van der Waals surface area contributed by atoms with Gasteiger partial charge in [0.1, 0.15) is 11.4 Å². The molecule has 3 rings (SSSR count). The molecule has 1 aliphatic carbocycles. The molecule has 3 N–H and O–H groups in total. The molecule has 0 heterocycles. The average molecular weight is 349 g/mol. The third-order valence-corrected chi connectivity index (χ3v) is 4.47. The van der Waals surface area contributed by atoms with Crippen LogP contribution in [0.5, 0.6) is 0 Å². The second-order valence-electron chi connectivity index (χ2n) is 5.80.